The third-order valence-electron chi connectivity index (χ3n) is 2.30. The number of hydrogen-bond donors (Lipinski definition) is 1. The van der Waals surface area contributed by atoms with Crippen LogP contribution in [0.3, 0.4) is 0 Å². The van der Waals surface area contributed by atoms with Crippen molar-refractivity contribution >= 4 is 9.92 Å². The lowest BCUT2D eigenvalue weighted by molar-refractivity contribution is 0.468. The van der Waals surface area contributed by atoms with Crippen molar-refractivity contribution in [1.29, 1.82) is 4.78 Å². The highest BCUT2D eigenvalue weighted by atomic mass is 32.2. The summed E-state index contributed by atoms with van der Waals surface area (Å²) in [4.78, 5) is 0. The minimum Gasteiger partial charge on any atom is -0.240 e. The average molecular weight is 196 g/mol. The minimum absolute atomic E-state index is 0.648. The third kappa shape index (κ3) is 1.59. The summed E-state index contributed by atoms with van der Waals surface area (Å²) < 4.78 is 20.6. The predicted molar refractivity (Wildman–Crippen MR) is 52.5 cm³/mol. The molecule has 1 unspecified atom stereocenters. The van der Waals surface area contributed by atoms with Crippen molar-refractivity contribution in [2.24, 2.45) is 0 Å². The summed E-state index contributed by atoms with van der Waals surface area (Å²) >= 11 is 0. The quantitative estimate of drug-likeness (QED) is 0.728. The van der Waals surface area contributed by atoms with Gasteiger partial charge in [0, 0.05) is 19.3 Å². The first-order valence-electron chi connectivity index (χ1n) is 4.13. The molecule has 0 bridgehead atoms. The molecule has 0 saturated carbocycles. The van der Waals surface area contributed by atoms with Gasteiger partial charge in [-0.15, -0.1) is 0 Å². The van der Waals surface area contributed by atoms with Gasteiger partial charge < -0.3 is 0 Å². The minimum atomic E-state index is -2.54. The Labute approximate surface area is 78.5 Å². The van der Waals surface area contributed by atoms with Crippen LogP contribution in [0.2, 0.25) is 0 Å². The van der Waals surface area contributed by atoms with Crippen molar-refractivity contribution in [2.75, 3.05) is 6.26 Å². The number of fused-ring (bicyclic) bond motifs is 1. The monoisotopic (exact) mass is 196 g/mol. The van der Waals surface area contributed by atoms with E-state index in [-0.39, 0.29) is 0 Å². The van der Waals surface area contributed by atoms with Crippen LogP contribution in [0.5, 0.6) is 0 Å². The van der Waals surface area contributed by atoms with Crippen LogP contribution in [0.1, 0.15) is 11.1 Å². The highest BCUT2D eigenvalue weighted by Gasteiger charge is 2.22. The van der Waals surface area contributed by atoms with Crippen LogP contribution in [0.25, 0.3) is 0 Å². The van der Waals surface area contributed by atoms with Crippen molar-refractivity contribution in [3.05, 3.63) is 35.4 Å². The van der Waals surface area contributed by atoms with E-state index in [2.05, 4.69) is 0 Å². The Hall–Kier alpha value is -0.870. The summed E-state index contributed by atoms with van der Waals surface area (Å²) in [5.41, 5.74) is 2.40. The van der Waals surface area contributed by atoms with Crippen LogP contribution in [-0.4, -0.2) is 14.8 Å². The van der Waals surface area contributed by atoms with Crippen molar-refractivity contribution in [3.8, 4) is 0 Å². The third-order valence-corrected chi connectivity index (χ3v) is 3.55. The summed E-state index contributed by atoms with van der Waals surface area (Å²) in [7, 11) is -2.54. The zero-order chi connectivity index (χ0) is 9.47. The van der Waals surface area contributed by atoms with Gasteiger partial charge in [-0.3, -0.25) is 0 Å². The van der Waals surface area contributed by atoms with Crippen LogP contribution in [-0.2, 0) is 23.0 Å². The van der Waals surface area contributed by atoms with Crippen molar-refractivity contribution in [2.45, 2.75) is 13.1 Å². The second-order valence-electron chi connectivity index (χ2n) is 3.37. The fraction of sp³-hybridized carbons (Fsp3) is 0.333. The van der Waals surface area contributed by atoms with Gasteiger partial charge in [-0.25, -0.2) is 13.3 Å². The van der Waals surface area contributed by atoms with Gasteiger partial charge in [0.05, 0.1) is 0 Å². The Kier molecular flexibility index (Phi) is 1.89. The van der Waals surface area contributed by atoms with Crippen LogP contribution >= 0.6 is 0 Å². The highest BCUT2D eigenvalue weighted by Crippen LogP contribution is 2.24. The van der Waals surface area contributed by atoms with E-state index in [4.69, 9.17) is 4.78 Å². The molecule has 0 fully saturated rings. The Bertz CT molecular complexity index is 400. The summed E-state index contributed by atoms with van der Waals surface area (Å²) in [5, 5.41) is 0. The molecular weight excluding hydrogens is 184 g/mol. The number of nitrogens with one attached hydrogen (secondary N) is 1. The zero-order valence-corrected chi connectivity index (χ0v) is 8.30. The van der Waals surface area contributed by atoms with Crippen LogP contribution < -0.4 is 0 Å². The fourth-order valence-corrected chi connectivity index (χ4v) is 2.32. The molecule has 1 aliphatic heterocycles. The van der Waals surface area contributed by atoms with E-state index in [0.29, 0.717) is 13.1 Å². The molecule has 0 amide bonds. The summed E-state index contributed by atoms with van der Waals surface area (Å²) in [6.45, 7) is 1.30. The number of rotatable bonds is 1. The molecule has 3 nitrogen and oxygen atoms in total. The molecular formula is C9H12N2OS. The first-order valence-corrected chi connectivity index (χ1v) is 6.05. The van der Waals surface area contributed by atoms with E-state index in [1.165, 1.54) is 17.4 Å². The molecule has 1 heterocycles. The standard InChI is InChI=1S/C9H12N2OS/c1-13(10,12)11-6-8-4-2-3-5-9(8)7-11/h2-5,10H,6-7H2,1H3. The van der Waals surface area contributed by atoms with Crippen molar-refractivity contribution in [1.82, 2.24) is 4.31 Å². The SMILES string of the molecule is CS(=N)(=O)N1Cc2ccccc2C1. The zero-order valence-electron chi connectivity index (χ0n) is 7.49. The molecule has 1 N–H and O–H groups in total. The first-order chi connectivity index (χ1) is 6.07. The second-order valence-corrected chi connectivity index (χ2v) is 5.49. The highest BCUT2D eigenvalue weighted by molar-refractivity contribution is 7.89. The molecule has 13 heavy (non-hydrogen) atoms. The largest absolute Gasteiger partial charge is 0.240 e. The van der Waals surface area contributed by atoms with E-state index in [9.17, 15) is 4.21 Å². The number of hydrogen-bond acceptors (Lipinski definition) is 2. The normalized spacial score (nSPS) is 21.0. The summed E-state index contributed by atoms with van der Waals surface area (Å²) in [6.07, 6.45) is 1.47. The maximum atomic E-state index is 11.5. The molecule has 0 radical (unpaired) electrons. The maximum absolute atomic E-state index is 11.5. The van der Waals surface area contributed by atoms with E-state index >= 15 is 0 Å². The van der Waals surface area contributed by atoms with Crippen LogP contribution in [0.4, 0.5) is 0 Å². The summed E-state index contributed by atoms with van der Waals surface area (Å²) in [6, 6.07) is 8.01. The maximum Gasteiger partial charge on any atom is 0.105 e. The Morgan fingerprint density at radius 2 is 1.77 bits per heavy atom. The Morgan fingerprint density at radius 1 is 1.31 bits per heavy atom. The topological polar surface area (TPSA) is 44.2 Å². The van der Waals surface area contributed by atoms with E-state index < -0.39 is 9.92 Å². The number of nitrogens with zero attached hydrogens (tertiary/aromatic N) is 1. The molecule has 1 atom stereocenters. The van der Waals surface area contributed by atoms with Gasteiger partial charge >= 0.3 is 0 Å². The van der Waals surface area contributed by atoms with Gasteiger partial charge in [0.2, 0.25) is 0 Å². The Morgan fingerprint density at radius 3 is 2.15 bits per heavy atom. The van der Waals surface area contributed by atoms with Gasteiger partial charge in [-0.2, -0.15) is 0 Å². The Balaban J connectivity index is 2.33. The number of benzene rings is 1. The molecule has 1 aromatic rings. The molecule has 0 saturated heterocycles. The van der Waals surface area contributed by atoms with Gasteiger partial charge in [-0.05, 0) is 11.1 Å². The van der Waals surface area contributed by atoms with Crippen molar-refractivity contribution < 1.29 is 4.21 Å². The molecule has 0 aliphatic carbocycles. The van der Waals surface area contributed by atoms with E-state index in [1.807, 2.05) is 24.3 Å². The smallest absolute Gasteiger partial charge is 0.105 e. The molecule has 1 aromatic carbocycles. The van der Waals surface area contributed by atoms with Gasteiger partial charge in [0.1, 0.15) is 9.92 Å². The predicted octanol–water partition coefficient (Wildman–Crippen LogP) is 1.59. The van der Waals surface area contributed by atoms with Crippen molar-refractivity contribution in [3.63, 3.8) is 0 Å². The lowest BCUT2D eigenvalue weighted by Gasteiger charge is -2.13. The lowest BCUT2D eigenvalue weighted by Crippen LogP contribution is -2.22. The van der Waals surface area contributed by atoms with Gasteiger partial charge in [-0.1, -0.05) is 24.3 Å². The van der Waals surface area contributed by atoms with Crippen LogP contribution in [0, 0.1) is 4.78 Å². The lowest BCUT2D eigenvalue weighted by atomic mass is 10.1. The molecule has 0 aromatic heterocycles. The molecule has 2 rings (SSSR count). The second kappa shape index (κ2) is 2.82. The molecule has 0 spiro atoms. The molecule has 1 aliphatic rings. The van der Waals surface area contributed by atoms with Gasteiger partial charge in [0.25, 0.3) is 0 Å². The fourth-order valence-electron chi connectivity index (χ4n) is 1.55. The van der Waals surface area contributed by atoms with E-state index in [1.54, 1.807) is 4.31 Å². The summed E-state index contributed by atoms with van der Waals surface area (Å²) in [5.74, 6) is 0. The molecule has 70 valence electrons. The first kappa shape index (κ1) is 8.72. The van der Waals surface area contributed by atoms with E-state index in [0.717, 1.165) is 0 Å². The van der Waals surface area contributed by atoms with Crippen LogP contribution in [0.15, 0.2) is 24.3 Å². The molecule has 4 heteroatoms. The average Bonchev–Trinajstić information content (AvgIpc) is 2.45. The van der Waals surface area contributed by atoms with Gasteiger partial charge in [0.15, 0.2) is 0 Å².